The maximum Gasteiger partial charge on any atom is 0.246 e. The Morgan fingerprint density at radius 1 is 1.00 bits per heavy atom. The number of Topliss-reactive ketones (excluding diaryl/α,β-unsaturated/α-hetero) is 2. The van der Waals surface area contributed by atoms with Crippen molar-refractivity contribution in [2.45, 2.75) is 25.2 Å². The van der Waals surface area contributed by atoms with Gasteiger partial charge in [-0.3, -0.25) is 9.59 Å². The molecule has 6 rings (SSSR count). The smallest absolute Gasteiger partial charge is 0.246 e. The van der Waals surface area contributed by atoms with Crippen molar-refractivity contribution in [3.63, 3.8) is 0 Å². The Hall–Kier alpha value is -4.17. The minimum Gasteiger partial charge on any atom is -0.357 e. The average molecular weight is 513 g/mol. The van der Waals surface area contributed by atoms with Crippen LogP contribution in [0, 0.1) is 0 Å². The molecule has 1 aliphatic heterocycles. The molecule has 1 aliphatic carbocycles. The third kappa shape index (κ3) is 4.68. The van der Waals surface area contributed by atoms with Crippen molar-refractivity contribution in [2.24, 2.45) is 0 Å². The zero-order valence-corrected chi connectivity index (χ0v) is 20.8. The summed E-state index contributed by atoms with van der Waals surface area (Å²) in [6.45, 7) is 1.78. The van der Waals surface area contributed by atoms with Crippen molar-refractivity contribution < 1.29 is 9.59 Å². The molecule has 2 aromatic carbocycles. The number of benzene rings is 2. The number of H-pyrrole nitrogens is 1. The zero-order valence-electron chi connectivity index (χ0n) is 20.0. The van der Waals surface area contributed by atoms with Crippen molar-refractivity contribution in [3.8, 4) is 0 Å². The first-order valence-corrected chi connectivity index (χ1v) is 12.7. The number of halogens is 1. The second kappa shape index (κ2) is 9.71. The van der Waals surface area contributed by atoms with Crippen LogP contribution in [0.4, 0.5) is 17.2 Å². The number of hydrogen-bond acceptors (Lipinski definition) is 7. The summed E-state index contributed by atoms with van der Waals surface area (Å²) < 4.78 is 0. The highest BCUT2D eigenvalue weighted by Gasteiger charge is 2.32. The van der Waals surface area contributed by atoms with Crippen molar-refractivity contribution in [1.82, 2.24) is 15.0 Å². The third-order valence-electron chi connectivity index (χ3n) is 6.94. The number of piperidine rings is 1. The number of fused-ring (bicyclic) bond motifs is 1. The van der Waals surface area contributed by atoms with Crippen molar-refractivity contribution in [3.05, 3.63) is 89.1 Å². The van der Waals surface area contributed by atoms with E-state index in [4.69, 9.17) is 11.6 Å². The number of anilines is 3. The highest BCUT2D eigenvalue weighted by Crippen LogP contribution is 2.33. The van der Waals surface area contributed by atoms with Crippen LogP contribution in [0.15, 0.2) is 78.5 Å². The molecule has 9 heteroatoms. The Labute approximate surface area is 218 Å². The van der Waals surface area contributed by atoms with Crippen molar-refractivity contribution in [1.29, 1.82) is 0 Å². The van der Waals surface area contributed by atoms with Crippen molar-refractivity contribution >= 4 is 51.4 Å². The number of ketones is 2. The Morgan fingerprint density at radius 3 is 2.73 bits per heavy atom. The summed E-state index contributed by atoms with van der Waals surface area (Å²) >= 11 is 5.98. The van der Waals surface area contributed by atoms with Gasteiger partial charge in [-0.15, -0.1) is 0 Å². The summed E-state index contributed by atoms with van der Waals surface area (Å²) in [5, 5.41) is 8.08. The predicted octanol–water partition coefficient (Wildman–Crippen LogP) is 5.27. The Balaban J connectivity index is 1.23. The fourth-order valence-electron chi connectivity index (χ4n) is 5.12. The van der Waals surface area contributed by atoms with Gasteiger partial charge in [0, 0.05) is 41.6 Å². The molecular formula is C28H25ClN6O2. The number of aromatic amines is 1. The highest BCUT2D eigenvalue weighted by atomic mass is 35.5. The molecule has 186 valence electrons. The van der Waals surface area contributed by atoms with Gasteiger partial charge in [-0.05, 0) is 60.9 Å². The van der Waals surface area contributed by atoms with Gasteiger partial charge in [0.1, 0.15) is 23.5 Å². The van der Waals surface area contributed by atoms with E-state index in [1.807, 2.05) is 36.5 Å². The van der Waals surface area contributed by atoms with Gasteiger partial charge < -0.3 is 20.5 Å². The lowest BCUT2D eigenvalue weighted by atomic mass is 9.90. The standard InChI is InChI=1S/C28H25ClN6O2/c29-19-6-8-20(9-7-19)33-23-14-24(36)26(37)25(23)34-21-5-1-3-17(13-21)18-4-2-12-35(15-18)28-22-10-11-30-27(22)31-16-32-28/h1,3,5-11,13,16,18,33-34H,2,4,12,14-15H2,(H,30,31,32). The first kappa shape index (κ1) is 23.2. The second-order valence-corrected chi connectivity index (χ2v) is 9.82. The SMILES string of the molecule is O=C1CC(Nc2ccc(Cl)cc2)=C(Nc2cccc(C3CCCN(c4ncnc5[nH]ccc45)C3)c2)C1=O. The van der Waals surface area contributed by atoms with E-state index in [9.17, 15) is 9.59 Å². The number of carbonyl (C=O) groups is 2. The summed E-state index contributed by atoms with van der Waals surface area (Å²) in [7, 11) is 0. The van der Waals surface area contributed by atoms with Crippen LogP contribution in [0.25, 0.3) is 11.0 Å². The molecule has 1 atom stereocenters. The van der Waals surface area contributed by atoms with Crippen LogP contribution in [-0.4, -0.2) is 39.6 Å². The molecule has 1 saturated heterocycles. The lowest BCUT2D eigenvalue weighted by molar-refractivity contribution is -0.132. The van der Waals surface area contributed by atoms with Crippen LogP contribution in [0.5, 0.6) is 0 Å². The summed E-state index contributed by atoms with van der Waals surface area (Å²) in [6, 6.07) is 17.3. The van der Waals surface area contributed by atoms with Crippen LogP contribution in [0.2, 0.25) is 5.02 Å². The normalized spacial score (nSPS) is 18.1. The molecule has 1 fully saturated rings. The van der Waals surface area contributed by atoms with E-state index in [1.54, 1.807) is 18.5 Å². The molecule has 0 spiro atoms. The molecule has 0 amide bonds. The van der Waals surface area contributed by atoms with E-state index in [0.29, 0.717) is 22.3 Å². The van der Waals surface area contributed by atoms with E-state index in [0.717, 1.165) is 54.2 Å². The Kier molecular flexibility index (Phi) is 6.10. The minimum atomic E-state index is -0.509. The van der Waals surface area contributed by atoms with Gasteiger partial charge >= 0.3 is 0 Å². The quantitative estimate of drug-likeness (QED) is 0.302. The zero-order chi connectivity index (χ0) is 25.4. The molecule has 0 bridgehead atoms. The number of nitrogens with one attached hydrogen (secondary N) is 3. The van der Waals surface area contributed by atoms with Gasteiger partial charge in [-0.25, -0.2) is 9.97 Å². The summed E-state index contributed by atoms with van der Waals surface area (Å²) in [5.74, 6) is 0.313. The van der Waals surface area contributed by atoms with Gasteiger partial charge in [0.05, 0.1) is 17.5 Å². The van der Waals surface area contributed by atoms with Gasteiger partial charge in [0.15, 0.2) is 0 Å². The second-order valence-electron chi connectivity index (χ2n) is 9.39. The summed E-state index contributed by atoms with van der Waals surface area (Å²) in [4.78, 5) is 39.3. The van der Waals surface area contributed by atoms with E-state index in [-0.39, 0.29) is 6.42 Å². The van der Waals surface area contributed by atoms with Crippen LogP contribution < -0.4 is 15.5 Å². The topological polar surface area (TPSA) is 103 Å². The summed E-state index contributed by atoms with van der Waals surface area (Å²) in [6.07, 6.45) is 5.63. The molecule has 4 aromatic rings. The number of carbonyl (C=O) groups excluding carboxylic acids is 2. The van der Waals surface area contributed by atoms with E-state index in [1.165, 1.54) is 5.56 Å². The molecule has 2 aromatic heterocycles. The number of hydrogen-bond donors (Lipinski definition) is 3. The lowest BCUT2D eigenvalue weighted by Crippen LogP contribution is -2.35. The van der Waals surface area contributed by atoms with Gasteiger partial charge in [-0.2, -0.15) is 0 Å². The fourth-order valence-corrected chi connectivity index (χ4v) is 5.25. The number of aromatic nitrogens is 3. The first-order valence-electron chi connectivity index (χ1n) is 12.3. The van der Waals surface area contributed by atoms with Crippen LogP contribution in [0.1, 0.15) is 30.7 Å². The molecular weight excluding hydrogens is 488 g/mol. The van der Waals surface area contributed by atoms with Crippen molar-refractivity contribution in [2.75, 3.05) is 28.6 Å². The third-order valence-corrected chi connectivity index (χ3v) is 7.19. The van der Waals surface area contributed by atoms with Crippen LogP contribution >= 0.6 is 11.6 Å². The maximum atomic E-state index is 12.7. The summed E-state index contributed by atoms with van der Waals surface area (Å²) in [5.41, 5.74) is 4.41. The minimum absolute atomic E-state index is 0.0353. The fraction of sp³-hybridized carbons (Fsp3) is 0.214. The van der Waals surface area contributed by atoms with E-state index >= 15 is 0 Å². The predicted molar refractivity (Wildman–Crippen MR) is 145 cm³/mol. The maximum absolute atomic E-state index is 12.7. The van der Waals surface area contributed by atoms with Crippen LogP contribution in [0.3, 0.4) is 0 Å². The van der Waals surface area contributed by atoms with Crippen LogP contribution in [-0.2, 0) is 9.59 Å². The molecule has 0 saturated carbocycles. The van der Waals surface area contributed by atoms with Gasteiger partial charge in [-0.1, -0.05) is 23.7 Å². The largest absolute Gasteiger partial charge is 0.357 e. The first-order chi connectivity index (χ1) is 18.0. The molecule has 0 radical (unpaired) electrons. The highest BCUT2D eigenvalue weighted by molar-refractivity contribution is 6.47. The molecule has 3 heterocycles. The Morgan fingerprint density at radius 2 is 1.86 bits per heavy atom. The monoisotopic (exact) mass is 512 g/mol. The molecule has 8 nitrogen and oxygen atoms in total. The van der Waals surface area contributed by atoms with Gasteiger partial charge in [0.2, 0.25) is 11.6 Å². The molecule has 1 unspecified atom stereocenters. The molecule has 3 N–H and O–H groups in total. The lowest BCUT2D eigenvalue weighted by Gasteiger charge is -2.34. The number of allylic oxidation sites excluding steroid dienone is 2. The average Bonchev–Trinajstić information content (AvgIpc) is 3.51. The molecule has 2 aliphatic rings. The Bertz CT molecular complexity index is 1530. The number of rotatable bonds is 6. The van der Waals surface area contributed by atoms with E-state index < -0.39 is 11.6 Å². The van der Waals surface area contributed by atoms with E-state index in [2.05, 4.69) is 42.6 Å². The molecule has 37 heavy (non-hydrogen) atoms. The number of nitrogens with zero attached hydrogens (tertiary/aromatic N) is 3. The van der Waals surface area contributed by atoms with Gasteiger partial charge in [0.25, 0.3) is 0 Å².